The van der Waals surface area contributed by atoms with Gasteiger partial charge in [-0.15, -0.1) is 12.4 Å². The molecule has 3 aromatic rings. The van der Waals surface area contributed by atoms with Crippen LogP contribution in [0.3, 0.4) is 0 Å². The lowest BCUT2D eigenvalue weighted by Gasteiger charge is -2.27. The molecule has 3 aromatic carbocycles. The van der Waals surface area contributed by atoms with E-state index in [1.165, 1.54) is 11.0 Å². The smallest absolute Gasteiger partial charge is 0.395 e. The molecule has 0 aromatic heterocycles. The van der Waals surface area contributed by atoms with Gasteiger partial charge in [0.25, 0.3) is 11.8 Å². The number of carbonyl (C=O) groups excluding carboxylic acids is 2. The van der Waals surface area contributed by atoms with Crippen LogP contribution in [-0.4, -0.2) is 53.0 Å². The number of amides is 2. The minimum Gasteiger partial charge on any atom is -0.481 e. The molecule has 43 heavy (non-hydrogen) atoms. The van der Waals surface area contributed by atoms with Crippen molar-refractivity contribution < 1.29 is 32.7 Å². The van der Waals surface area contributed by atoms with Gasteiger partial charge in [0.1, 0.15) is 0 Å². The number of hydrogen-bond acceptors (Lipinski definition) is 6. The maximum Gasteiger partial charge on any atom is 0.395 e. The summed E-state index contributed by atoms with van der Waals surface area (Å²) in [5, 5.41) is 17.8. The van der Waals surface area contributed by atoms with Crippen LogP contribution in [-0.2, 0) is 11.3 Å². The molecular formula is C29H26BrClF3N5O4. The van der Waals surface area contributed by atoms with Crippen LogP contribution in [0.2, 0.25) is 0 Å². The van der Waals surface area contributed by atoms with E-state index in [4.69, 9.17) is 0 Å². The van der Waals surface area contributed by atoms with Crippen molar-refractivity contribution in [2.75, 3.05) is 23.7 Å². The number of anilines is 2. The predicted molar refractivity (Wildman–Crippen MR) is 161 cm³/mol. The second kappa shape index (κ2) is 13.0. The Labute approximate surface area is 259 Å². The Morgan fingerprint density at radius 1 is 1.09 bits per heavy atom. The number of hydrogen-bond donors (Lipinski definition) is 4. The van der Waals surface area contributed by atoms with Crippen molar-refractivity contribution in [2.24, 2.45) is 10.9 Å². The lowest BCUT2D eigenvalue weighted by atomic mass is 10.0. The van der Waals surface area contributed by atoms with E-state index in [0.717, 1.165) is 4.47 Å². The van der Waals surface area contributed by atoms with E-state index in [2.05, 4.69) is 36.9 Å². The molecule has 0 saturated carbocycles. The number of aliphatic imine (C=N–C) groups is 1. The number of benzene rings is 3. The number of alkyl halides is 3. The van der Waals surface area contributed by atoms with Crippen molar-refractivity contribution in [3.8, 4) is 0 Å². The summed E-state index contributed by atoms with van der Waals surface area (Å²) < 4.78 is 39.5. The second-order valence-corrected chi connectivity index (χ2v) is 10.9. The first-order chi connectivity index (χ1) is 20.0. The average molecular weight is 681 g/mol. The normalized spacial score (nSPS) is 16.7. The monoisotopic (exact) mass is 679 g/mol. The maximum atomic E-state index is 13.4. The molecule has 0 saturated heterocycles. The number of fused-ring (bicyclic) bond motifs is 1. The van der Waals surface area contributed by atoms with Gasteiger partial charge in [-0.2, -0.15) is 13.2 Å². The summed E-state index contributed by atoms with van der Waals surface area (Å²) in [6, 6.07) is 17.8. The van der Waals surface area contributed by atoms with Crippen LogP contribution in [0.5, 0.6) is 0 Å². The highest BCUT2D eigenvalue weighted by Gasteiger charge is 2.40. The maximum absolute atomic E-state index is 13.4. The van der Waals surface area contributed by atoms with Gasteiger partial charge in [-0.1, -0.05) is 40.2 Å². The third-order valence-corrected chi connectivity index (χ3v) is 7.56. The third kappa shape index (κ3) is 7.46. The molecule has 0 bridgehead atoms. The largest absolute Gasteiger partial charge is 0.481 e. The molecule has 9 nitrogen and oxygen atoms in total. The molecule has 14 heteroatoms. The first-order valence-electron chi connectivity index (χ1n) is 12.9. The number of carboxylic acids is 1. The highest BCUT2D eigenvalue weighted by molar-refractivity contribution is 9.10. The molecule has 226 valence electrons. The zero-order chi connectivity index (χ0) is 30.0. The van der Waals surface area contributed by atoms with Gasteiger partial charge >= 0.3 is 12.1 Å². The van der Waals surface area contributed by atoms with Crippen LogP contribution in [0.1, 0.15) is 44.3 Å². The zero-order valence-electron chi connectivity index (χ0n) is 22.3. The second-order valence-electron chi connectivity index (χ2n) is 9.94. The Hall–Kier alpha value is -4.10. The van der Waals surface area contributed by atoms with E-state index in [-0.39, 0.29) is 49.3 Å². The molecular weight excluding hydrogens is 655 g/mol. The summed E-state index contributed by atoms with van der Waals surface area (Å²) in [5.74, 6) is -3.22. The first-order valence-corrected chi connectivity index (χ1v) is 13.7. The molecule has 2 heterocycles. The number of guanidine groups is 1. The van der Waals surface area contributed by atoms with Crippen molar-refractivity contribution in [1.29, 1.82) is 0 Å². The van der Waals surface area contributed by atoms with Crippen LogP contribution in [0.15, 0.2) is 76.2 Å². The molecule has 0 radical (unpaired) electrons. The van der Waals surface area contributed by atoms with Crippen LogP contribution in [0, 0.1) is 5.92 Å². The standard InChI is InChI=1S/C29H25BrF3N5O4.ClH/c30-20-7-4-16(5-8-20)24(12-25(39)40)38-15-18-6-9-22(11-23(18)27(38)42)36-26(41)17-2-1-3-21(10-17)37-28-34-13-19(14-35-28)29(31,32)33;/h1-11,19,24H,12-15H2,(H,36,41)(H,39,40)(H2,34,35,37);1H. The van der Waals surface area contributed by atoms with Crippen molar-refractivity contribution >= 4 is 63.5 Å². The van der Waals surface area contributed by atoms with E-state index >= 15 is 0 Å². The summed E-state index contributed by atoms with van der Waals surface area (Å²) in [7, 11) is 0. The summed E-state index contributed by atoms with van der Waals surface area (Å²) in [5.41, 5.74) is 2.88. The van der Waals surface area contributed by atoms with Gasteiger partial charge in [0.2, 0.25) is 0 Å². The number of halogens is 5. The summed E-state index contributed by atoms with van der Waals surface area (Å²) in [4.78, 5) is 43.5. The molecule has 2 aliphatic heterocycles. The van der Waals surface area contributed by atoms with E-state index < -0.39 is 36.6 Å². The predicted octanol–water partition coefficient (Wildman–Crippen LogP) is 5.84. The summed E-state index contributed by atoms with van der Waals surface area (Å²) in [6.45, 7) is -0.469. The number of nitrogens with one attached hydrogen (secondary N) is 3. The van der Waals surface area contributed by atoms with Gasteiger partial charge in [0.05, 0.1) is 24.9 Å². The Morgan fingerprint density at radius 2 is 1.84 bits per heavy atom. The quantitative estimate of drug-likeness (QED) is 0.249. The lowest BCUT2D eigenvalue weighted by molar-refractivity contribution is -0.170. The van der Waals surface area contributed by atoms with Crippen LogP contribution < -0.4 is 16.0 Å². The highest BCUT2D eigenvalue weighted by Crippen LogP contribution is 2.35. The summed E-state index contributed by atoms with van der Waals surface area (Å²) in [6.07, 6.45) is -4.60. The van der Waals surface area contributed by atoms with Gasteiger partial charge in [0, 0.05) is 40.1 Å². The van der Waals surface area contributed by atoms with Crippen molar-refractivity contribution in [3.05, 3.63) is 93.5 Å². The van der Waals surface area contributed by atoms with Gasteiger partial charge in [-0.3, -0.25) is 19.4 Å². The Bertz CT molecular complexity index is 1570. The molecule has 2 aliphatic rings. The molecule has 0 spiro atoms. The van der Waals surface area contributed by atoms with Gasteiger partial charge < -0.3 is 26.0 Å². The topological polar surface area (TPSA) is 123 Å². The molecule has 2 amide bonds. The highest BCUT2D eigenvalue weighted by atomic mass is 79.9. The van der Waals surface area contributed by atoms with Crippen LogP contribution >= 0.6 is 28.3 Å². The number of carbonyl (C=O) groups is 3. The Morgan fingerprint density at radius 3 is 2.49 bits per heavy atom. The Kier molecular flexibility index (Phi) is 9.65. The average Bonchev–Trinajstić information content (AvgIpc) is 3.27. The van der Waals surface area contributed by atoms with Gasteiger partial charge in [0.15, 0.2) is 5.96 Å². The fourth-order valence-corrected chi connectivity index (χ4v) is 5.10. The van der Waals surface area contributed by atoms with E-state index in [0.29, 0.717) is 28.1 Å². The van der Waals surface area contributed by atoms with E-state index in [1.54, 1.807) is 60.7 Å². The van der Waals surface area contributed by atoms with E-state index in [9.17, 15) is 32.7 Å². The van der Waals surface area contributed by atoms with Crippen LogP contribution in [0.25, 0.3) is 0 Å². The van der Waals surface area contributed by atoms with Crippen LogP contribution in [0.4, 0.5) is 24.5 Å². The third-order valence-electron chi connectivity index (χ3n) is 7.03. The van der Waals surface area contributed by atoms with Crippen molar-refractivity contribution in [2.45, 2.75) is 25.2 Å². The van der Waals surface area contributed by atoms with Gasteiger partial charge in [-0.25, -0.2) is 0 Å². The van der Waals surface area contributed by atoms with Crippen molar-refractivity contribution in [3.63, 3.8) is 0 Å². The summed E-state index contributed by atoms with van der Waals surface area (Å²) >= 11 is 3.37. The van der Waals surface area contributed by atoms with E-state index in [1.807, 2.05) is 0 Å². The molecule has 5 rings (SSSR count). The fourth-order valence-electron chi connectivity index (χ4n) is 4.83. The number of nitrogens with zero attached hydrogens (tertiary/aromatic N) is 2. The van der Waals surface area contributed by atoms with Crippen molar-refractivity contribution in [1.82, 2.24) is 10.2 Å². The molecule has 2 atom stereocenters. The number of rotatable bonds is 7. The molecule has 2 unspecified atom stereocenters. The first kappa shape index (κ1) is 31.8. The zero-order valence-corrected chi connectivity index (χ0v) is 24.7. The SMILES string of the molecule is Cl.O=C(O)CC(c1ccc(Br)cc1)N1Cc2ccc(NC(=O)c3cccc(NC4=NCC(C(F)(F)F)CN4)c3)cc2C1=O. The molecule has 0 aliphatic carbocycles. The fraction of sp³-hybridized carbons (Fsp3) is 0.241. The van der Waals surface area contributed by atoms with Gasteiger partial charge in [-0.05, 0) is 53.6 Å². The Balaban J connectivity index is 0.00000423. The molecule has 0 fully saturated rings. The number of aliphatic carboxylic acids is 1. The number of carboxylic acid groups (broad SMARTS) is 1. The molecule has 4 N–H and O–H groups in total. The minimum atomic E-state index is -4.33. The minimum absolute atomic E-state index is 0. The lowest BCUT2D eigenvalue weighted by Crippen LogP contribution is -2.45.